The molecule has 0 unspecified atom stereocenters. The van der Waals surface area contributed by atoms with Crippen LogP contribution in [0.1, 0.15) is 5.56 Å². The molecule has 0 saturated heterocycles. The van der Waals surface area contributed by atoms with Gasteiger partial charge < -0.3 is 0 Å². The van der Waals surface area contributed by atoms with Crippen molar-refractivity contribution in [3.63, 3.8) is 0 Å². The molecule has 19 heavy (non-hydrogen) atoms. The molecule has 0 saturated carbocycles. The van der Waals surface area contributed by atoms with Crippen LogP contribution in [0.25, 0.3) is 4.47 Å². The van der Waals surface area contributed by atoms with E-state index < -0.39 is 0 Å². The molecule has 2 aromatic rings. The van der Waals surface area contributed by atoms with Crippen LogP contribution in [0.15, 0.2) is 52.1 Å². The Balaban J connectivity index is 2.05. The molecule has 96 valence electrons. The number of fused-ring (bicyclic) bond motifs is 1. The van der Waals surface area contributed by atoms with Crippen LogP contribution in [0.3, 0.4) is 0 Å². The summed E-state index contributed by atoms with van der Waals surface area (Å²) in [6, 6.07) is 16.4. The molecule has 0 N–H and O–H groups in total. The molecule has 0 bridgehead atoms. The summed E-state index contributed by atoms with van der Waals surface area (Å²) in [7, 11) is 0. The van der Waals surface area contributed by atoms with E-state index in [1.165, 1.54) is 12.5 Å². The van der Waals surface area contributed by atoms with E-state index in [0.717, 1.165) is 16.3 Å². The molecule has 2 aromatic carbocycles. The average molecular weight is 448 g/mol. The maximum absolute atomic E-state index is 6.36. The molecule has 0 amide bonds. The molecular formula is C15H10ClIOSe. The summed E-state index contributed by atoms with van der Waals surface area (Å²) in [6.45, 7) is 0.651. The van der Waals surface area contributed by atoms with Gasteiger partial charge in [-0.25, -0.2) is 0 Å². The Kier molecular flexibility index (Phi) is 4.18. The summed E-state index contributed by atoms with van der Waals surface area (Å²) in [5.74, 6) is 0.903. The fourth-order valence-electron chi connectivity index (χ4n) is 1.90. The van der Waals surface area contributed by atoms with Crippen LogP contribution in [0, 0.1) is 0 Å². The van der Waals surface area contributed by atoms with Gasteiger partial charge in [0.1, 0.15) is 0 Å². The molecule has 0 radical (unpaired) electrons. The van der Waals surface area contributed by atoms with E-state index in [9.17, 15) is 0 Å². The van der Waals surface area contributed by atoms with E-state index in [4.69, 9.17) is 16.3 Å². The minimum absolute atomic E-state index is 0.251. The monoisotopic (exact) mass is 448 g/mol. The number of benzene rings is 2. The Morgan fingerprint density at radius 3 is 2.63 bits per heavy atom. The van der Waals surface area contributed by atoms with Gasteiger partial charge in [0.15, 0.2) is 0 Å². The summed E-state index contributed by atoms with van der Waals surface area (Å²) in [5, 5.41) is 0.777. The van der Waals surface area contributed by atoms with Crippen molar-refractivity contribution in [3.8, 4) is 5.75 Å². The van der Waals surface area contributed by atoms with Crippen LogP contribution in [-0.2, 0) is 0 Å². The van der Waals surface area contributed by atoms with Crippen LogP contribution in [0.2, 0.25) is 5.02 Å². The number of rotatable bonds is 2. The normalized spacial score (nSPS) is 14.0. The van der Waals surface area contributed by atoms with Crippen molar-refractivity contribution in [2.24, 2.45) is 0 Å². The third-order valence-electron chi connectivity index (χ3n) is 2.77. The molecular weight excluding hydrogens is 437 g/mol. The minimum atomic E-state index is 0.251. The Morgan fingerprint density at radius 1 is 1.05 bits per heavy atom. The molecule has 0 atom stereocenters. The first-order valence-electron chi connectivity index (χ1n) is 5.79. The van der Waals surface area contributed by atoms with Crippen LogP contribution < -0.4 is 9.20 Å². The van der Waals surface area contributed by atoms with Gasteiger partial charge in [-0.2, -0.15) is 0 Å². The summed E-state index contributed by atoms with van der Waals surface area (Å²) in [4.78, 5) is 0. The molecule has 1 nitrogen and oxygen atoms in total. The van der Waals surface area contributed by atoms with Crippen molar-refractivity contribution < 1.29 is 4.74 Å². The molecule has 1 heterocycles. The molecule has 3 rings (SSSR count). The standard InChI is InChI=1S/C15H10ClIOSe/c16-11-7-4-8-13-14(11)15(12(17)9-18-13)19-10-5-2-1-3-6-10/h1-8H,9H2. The van der Waals surface area contributed by atoms with Gasteiger partial charge in [0.25, 0.3) is 0 Å². The predicted molar refractivity (Wildman–Crippen MR) is 89.7 cm³/mol. The van der Waals surface area contributed by atoms with Gasteiger partial charge in [0, 0.05) is 0 Å². The van der Waals surface area contributed by atoms with Crippen LogP contribution in [0.5, 0.6) is 5.75 Å². The van der Waals surface area contributed by atoms with Gasteiger partial charge in [-0.3, -0.25) is 0 Å². The molecule has 0 fully saturated rings. The molecule has 0 aromatic heterocycles. The van der Waals surface area contributed by atoms with Crippen molar-refractivity contribution in [3.05, 3.63) is 62.7 Å². The second-order valence-electron chi connectivity index (χ2n) is 4.05. The Labute approximate surface area is 137 Å². The fourth-order valence-corrected chi connectivity index (χ4v) is 5.41. The number of ether oxygens (including phenoxy) is 1. The van der Waals surface area contributed by atoms with Crippen molar-refractivity contribution in [1.82, 2.24) is 0 Å². The first-order valence-corrected chi connectivity index (χ1v) is 8.96. The summed E-state index contributed by atoms with van der Waals surface area (Å²) in [5.41, 5.74) is 1.07. The number of hydrogen-bond donors (Lipinski definition) is 0. The van der Waals surface area contributed by atoms with E-state index in [-0.39, 0.29) is 15.0 Å². The Bertz CT molecular complexity index is 640. The third-order valence-corrected chi connectivity index (χ3v) is 7.19. The van der Waals surface area contributed by atoms with Gasteiger partial charge in [0.2, 0.25) is 0 Å². The first kappa shape index (κ1) is 13.5. The maximum atomic E-state index is 6.36. The molecule has 4 heteroatoms. The van der Waals surface area contributed by atoms with E-state index in [2.05, 4.69) is 46.9 Å². The average Bonchev–Trinajstić information content (AvgIpc) is 2.43. The predicted octanol–water partition coefficient (Wildman–Crippen LogP) is 3.87. The second kappa shape index (κ2) is 5.88. The van der Waals surface area contributed by atoms with Crippen molar-refractivity contribution in [2.75, 3.05) is 6.61 Å². The van der Waals surface area contributed by atoms with Gasteiger partial charge in [-0.15, -0.1) is 0 Å². The first-order chi connectivity index (χ1) is 9.25. The molecule has 1 aliphatic heterocycles. The Morgan fingerprint density at radius 2 is 1.84 bits per heavy atom. The third kappa shape index (κ3) is 2.84. The van der Waals surface area contributed by atoms with E-state index in [1.807, 2.05) is 24.3 Å². The van der Waals surface area contributed by atoms with E-state index >= 15 is 0 Å². The van der Waals surface area contributed by atoms with Crippen molar-refractivity contribution >= 4 is 58.1 Å². The molecule has 0 aliphatic carbocycles. The summed E-state index contributed by atoms with van der Waals surface area (Å²) in [6.07, 6.45) is 0. The van der Waals surface area contributed by atoms with Crippen LogP contribution in [-0.4, -0.2) is 21.6 Å². The molecule has 0 spiro atoms. The van der Waals surface area contributed by atoms with Gasteiger partial charge in [0.05, 0.1) is 0 Å². The van der Waals surface area contributed by atoms with Crippen LogP contribution in [0.4, 0.5) is 0 Å². The summed E-state index contributed by atoms with van der Waals surface area (Å²) >= 11 is 8.98. The zero-order valence-corrected chi connectivity index (χ0v) is 14.5. The van der Waals surface area contributed by atoms with Gasteiger partial charge in [-0.1, -0.05) is 0 Å². The van der Waals surface area contributed by atoms with E-state index in [1.54, 1.807) is 0 Å². The topological polar surface area (TPSA) is 9.23 Å². The zero-order chi connectivity index (χ0) is 13.2. The van der Waals surface area contributed by atoms with Crippen molar-refractivity contribution in [1.29, 1.82) is 0 Å². The summed E-state index contributed by atoms with van der Waals surface area (Å²) < 4.78 is 9.69. The fraction of sp³-hybridized carbons (Fsp3) is 0.0667. The van der Waals surface area contributed by atoms with Gasteiger partial charge in [-0.05, 0) is 0 Å². The van der Waals surface area contributed by atoms with E-state index in [0.29, 0.717) is 6.61 Å². The van der Waals surface area contributed by atoms with Crippen LogP contribution >= 0.6 is 34.2 Å². The SMILES string of the molecule is Clc1cccc2c1C([Se]c1ccccc1)=C(I)CO2. The molecule has 1 aliphatic rings. The van der Waals surface area contributed by atoms with Crippen molar-refractivity contribution in [2.45, 2.75) is 0 Å². The Hall–Kier alpha value is -0.481. The zero-order valence-electron chi connectivity index (χ0n) is 9.90. The number of hydrogen-bond acceptors (Lipinski definition) is 1. The second-order valence-corrected chi connectivity index (χ2v) is 8.03. The quantitative estimate of drug-likeness (QED) is 0.502. The number of halogens is 2. The van der Waals surface area contributed by atoms with Gasteiger partial charge >= 0.3 is 138 Å².